The van der Waals surface area contributed by atoms with Crippen LogP contribution < -0.4 is 5.32 Å². The van der Waals surface area contributed by atoms with Gasteiger partial charge in [0.15, 0.2) is 0 Å². The monoisotopic (exact) mass is 386 g/mol. The minimum absolute atomic E-state index is 0.0842. The van der Waals surface area contributed by atoms with Gasteiger partial charge in [0.05, 0.1) is 6.42 Å². The summed E-state index contributed by atoms with van der Waals surface area (Å²) in [5.74, 6) is -0.252. The Bertz CT molecular complexity index is 820. The van der Waals surface area contributed by atoms with Crippen molar-refractivity contribution in [2.45, 2.75) is 46.2 Å². The van der Waals surface area contributed by atoms with Crippen LogP contribution in [-0.4, -0.2) is 29.8 Å². The summed E-state index contributed by atoms with van der Waals surface area (Å²) >= 11 is 6.30. The number of hydrogen-bond donors (Lipinski definition) is 1. The summed E-state index contributed by atoms with van der Waals surface area (Å²) in [4.78, 5) is 27.3. The van der Waals surface area contributed by atoms with Gasteiger partial charge in [0.25, 0.3) is 0 Å². The van der Waals surface area contributed by atoms with Gasteiger partial charge in [-0.05, 0) is 43.0 Å². The predicted molar refractivity (Wildman–Crippen MR) is 110 cm³/mol. The minimum Gasteiger partial charge on any atom is -0.357 e. The molecular weight excluding hydrogens is 360 g/mol. The lowest BCUT2D eigenvalue weighted by atomic mass is 10.0. The average molecular weight is 387 g/mol. The molecule has 0 saturated carbocycles. The third-order valence-corrected chi connectivity index (χ3v) is 5.15. The number of likely N-dealkylation sites (N-methyl/N-ethyl adjacent to an activating group) is 1. The zero-order valence-corrected chi connectivity index (χ0v) is 17.1. The molecule has 144 valence electrons. The zero-order chi connectivity index (χ0) is 20.0. The van der Waals surface area contributed by atoms with E-state index in [1.165, 1.54) is 0 Å². The van der Waals surface area contributed by atoms with E-state index >= 15 is 0 Å². The molecule has 4 nitrogen and oxygen atoms in total. The maximum atomic E-state index is 13.2. The van der Waals surface area contributed by atoms with Crippen LogP contribution in [0.3, 0.4) is 0 Å². The molecule has 2 aromatic rings. The van der Waals surface area contributed by atoms with Crippen molar-refractivity contribution in [1.29, 1.82) is 0 Å². The summed E-state index contributed by atoms with van der Waals surface area (Å²) in [5.41, 5.74) is 3.99. The Morgan fingerprint density at radius 2 is 1.81 bits per heavy atom. The number of nitrogens with one attached hydrogen (secondary N) is 1. The highest BCUT2D eigenvalue weighted by Crippen LogP contribution is 2.21. The first-order chi connectivity index (χ1) is 12.9. The van der Waals surface area contributed by atoms with Crippen molar-refractivity contribution < 1.29 is 9.59 Å². The first-order valence-electron chi connectivity index (χ1n) is 9.18. The van der Waals surface area contributed by atoms with Gasteiger partial charge in [-0.3, -0.25) is 9.59 Å². The fraction of sp³-hybridized carbons (Fsp3) is 0.364. The van der Waals surface area contributed by atoms with E-state index in [9.17, 15) is 9.59 Å². The van der Waals surface area contributed by atoms with Gasteiger partial charge in [-0.2, -0.15) is 0 Å². The Labute approximate surface area is 166 Å². The highest BCUT2D eigenvalue weighted by atomic mass is 35.5. The van der Waals surface area contributed by atoms with Crippen molar-refractivity contribution in [1.82, 2.24) is 10.2 Å². The van der Waals surface area contributed by atoms with Crippen LogP contribution in [0.25, 0.3) is 0 Å². The van der Waals surface area contributed by atoms with E-state index in [-0.39, 0.29) is 18.2 Å². The van der Waals surface area contributed by atoms with E-state index in [1.807, 2.05) is 57.2 Å². The molecule has 1 N–H and O–H groups in total. The van der Waals surface area contributed by atoms with Crippen molar-refractivity contribution in [3.8, 4) is 0 Å². The van der Waals surface area contributed by atoms with E-state index < -0.39 is 6.04 Å². The van der Waals surface area contributed by atoms with Gasteiger partial charge in [0, 0.05) is 18.6 Å². The molecule has 27 heavy (non-hydrogen) atoms. The largest absolute Gasteiger partial charge is 0.357 e. The normalized spacial score (nSPS) is 11.7. The van der Waals surface area contributed by atoms with Crippen molar-refractivity contribution in [2.75, 3.05) is 7.05 Å². The van der Waals surface area contributed by atoms with Gasteiger partial charge in [-0.25, -0.2) is 0 Å². The second-order valence-electron chi connectivity index (χ2n) is 6.76. The molecule has 0 radical (unpaired) electrons. The number of benzene rings is 2. The maximum Gasteiger partial charge on any atom is 0.242 e. The third-order valence-electron chi connectivity index (χ3n) is 4.78. The smallest absolute Gasteiger partial charge is 0.242 e. The number of halogens is 1. The number of hydrogen-bond acceptors (Lipinski definition) is 2. The Morgan fingerprint density at radius 1 is 1.11 bits per heavy atom. The second-order valence-corrected chi connectivity index (χ2v) is 7.17. The Morgan fingerprint density at radius 3 is 2.44 bits per heavy atom. The molecule has 0 fully saturated rings. The van der Waals surface area contributed by atoms with Gasteiger partial charge >= 0.3 is 0 Å². The van der Waals surface area contributed by atoms with E-state index in [0.717, 1.165) is 22.3 Å². The fourth-order valence-corrected chi connectivity index (χ4v) is 3.35. The van der Waals surface area contributed by atoms with Crippen molar-refractivity contribution in [3.05, 3.63) is 69.7 Å². The lowest BCUT2D eigenvalue weighted by Gasteiger charge is -2.30. The summed E-state index contributed by atoms with van der Waals surface area (Å²) in [6.45, 7) is 6.21. The van der Waals surface area contributed by atoms with Gasteiger partial charge in [0.2, 0.25) is 11.8 Å². The molecule has 2 rings (SSSR count). The fourth-order valence-electron chi connectivity index (χ4n) is 3.15. The molecule has 1 atom stereocenters. The van der Waals surface area contributed by atoms with Crippen molar-refractivity contribution >= 4 is 23.4 Å². The Balaban J connectivity index is 2.35. The van der Waals surface area contributed by atoms with Gasteiger partial charge in [-0.15, -0.1) is 0 Å². The summed E-state index contributed by atoms with van der Waals surface area (Å²) < 4.78 is 0. The van der Waals surface area contributed by atoms with E-state index in [2.05, 4.69) is 5.32 Å². The zero-order valence-electron chi connectivity index (χ0n) is 16.4. The molecule has 0 aliphatic rings. The average Bonchev–Trinajstić information content (AvgIpc) is 2.65. The van der Waals surface area contributed by atoms with Crippen LogP contribution in [0, 0.1) is 13.8 Å². The first-order valence-corrected chi connectivity index (χ1v) is 9.55. The molecule has 0 saturated heterocycles. The van der Waals surface area contributed by atoms with Crippen LogP contribution in [0.15, 0.2) is 42.5 Å². The maximum absolute atomic E-state index is 13.2. The summed E-state index contributed by atoms with van der Waals surface area (Å²) in [6, 6.07) is 13.0. The van der Waals surface area contributed by atoms with Gasteiger partial charge in [-0.1, -0.05) is 60.5 Å². The number of nitrogens with zero attached hydrogens (tertiary/aromatic N) is 1. The van der Waals surface area contributed by atoms with Crippen LogP contribution in [0.2, 0.25) is 5.02 Å². The van der Waals surface area contributed by atoms with E-state index in [4.69, 9.17) is 11.6 Å². The summed E-state index contributed by atoms with van der Waals surface area (Å²) in [7, 11) is 1.59. The Kier molecular flexibility index (Phi) is 7.43. The molecule has 0 aliphatic carbocycles. The molecule has 0 spiro atoms. The number of aryl methyl sites for hydroxylation is 2. The standard InChI is InChI=1S/C22H27ClN2O2/c1-5-20(22(27)24-4)25(14-17-8-6-7-9-19(17)23)21(26)13-18-12-15(2)10-11-16(18)3/h6-12,20H,5,13-14H2,1-4H3,(H,24,27). The quantitative estimate of drug-likeness (QED) is 0.780. The molecule has 0 bridgehead atoms. The highest BCUT2D eigenvalue weighted by Gasteiger charge is 2.28. The first kappa shape index (κ1) is 21.0. The van der Waals surface area contributed by atoms with E-state index in [0.29, 0.717) is 18.0 Å². The number of carbonyl (C=O) groups excluding carboxylic acids is 2. The van der Waals surface area contributed by atoms with Crippen LogP contribution in [0.1, 0.15) is 35.6 Å². The molecule has 0 heterocycles. The highest BCUT2D eigenvalue weighted by molar-refractivity contribution is 6.31. The van der Waals surface area contributed by atoms with Crippen molar-refractivity contribution in [3.63, 3.8) is 0 Å². The predicted octanol–water partition coefficient (Wildman–Crippen LogP) is 4.05. The minimum atomic E-state index is -0.538. The van der Waals surface area contributed by atoms with Crippen LogP contribution >= 0.6 is 11.6 Å². The van der Waals surface area contributed by atoms with E-state index in [1.54, 1.807) is 18.0 Å². The van der Waals surface area contributed by atoms with Gasteiger partial charge < -0.3 is 10.2 Å². The molecule has 5 heteroatoms. The molecule has 0 aromatic heterocycles. The van der Waals surface area contributed by atoms with Crippen molar-refractivity contribution in [2.24, 2.45) is 0 Å². The van der Waals surface area contributed by atoms with Crippen LogP contribution in [-0.2, 0) is 22.6 Å². The SMILES string of the molecule is CCC(C(=O)NC)N(Cc1ccccc1Cl)C(=O)Cc1cc(C)ccc1C. The lowest BCUT2D eigenvalue weighted by molar-refractivity contribution is -0.140. The number of amides is 2. The van der Waals surface area contributed by atoms with Crippen LogP contribution in [0.4, 0.5) is 0 Å². The molecule has 1 unspecified atom stereocenters. The number of rotatable bonds is 7. The van der Waals surface area contributed by atoms with Gasteiger partial charge in [0.1, 0.15) is 6.04 Å². The number of carbonyl (C=O) groups is 2. The molecule has 0 aliphatic heterocycles. The summed E-state index contributed by atoms with van der Waals surface area (Å²) in [5, 5.41) is 3.26. The lowest BCUT2D eigenvalue weighted by Crippen LogP contribution is -2.48. The molecule has 2 amide bonds. The van der Waals surface area contributed by atoms with Crippen LogP contribution in [0.5, 0.6) is 0 Å². The summed E-state index contributed by atoms with van der Waals surface area (Å²) in [6.07, 6.45) is 0.786. The molecule has 2 aromatic carbocycles. The second kappa shape index (κ2) is 9.56. The topological polar surface area (TPSA) is 49.4 Å². The Hall–Kier alpha value is -2.33. The molecular formula is C22H27ClN2O2. The third kappa shape index (κ3) is 5.33.